The zero-order chi connectivity index (χ0) is 18.1. The Labute approximate surface area is 157 Å². The molecule has 1 aliphatic rings. The third-order valence-electron chi connectivity index (χ3n) is 4.61. The number of amides is 2. The summed E-state index contributed by atoms with van der Waals surface area (Å²) in [7, 11) is 0. The summed E-state index contributed by atoms with van der Waals surface area (Å²) in [4.78, 5) is 35.9. The number of aromatic nitrogens is 3. The summed E-state index contributed by atoms with van der Waals surface area (Å²) in [6.45, 7) is 0. The fraction of sp³-hybridized carbons (Fsp3) is 0.300. The van der Waals surface area contributed by atoms with Crippen molar-refractivity contribution >= 4 is 22.8 Å². The number of nitrogens with zero attached hydrogens (tertiary/aromatic N) is 2. The van der Waals surface area contributed by atoms with Crippen molar-refractivity contribution in [2.75, 3.05) is 0 Å². The number of H-pyrrole nitrogens is 1. The molecule has 7 heteroatoms. The van der Waals surface area contributed by atoms with E-state index in [0.717, 1.165) is 29.4 Å². The first-order valence-electron chi connectivity index (χ1n) is 8.60. The summed E-state index contributed by atoms with van der Waals surface area (Å²) in [5.41, 5.74) is 8.32. The Kier molecular flexibility index (Phi) is 5.21. The number of carbonyl (C=O) groups is 2. The van der Waals surface area contributed by atoms with Gasteiger partial charge in [-0.25, -0.2) is 4.98 Å². The van der Waals surface area contributed by atoms with E-state index in [0.29, 0.717) is 23.7 Å². The number of nitrogens with two attached hydrogens (primary N) is 1. The van der Waals surface area contributed by atoms with E-state index in [1.54, 1.807) is 30.6 Å². The van der Waals surface area contributed by atoms with Crippen LogP contribution in [0.3, 0.4) is 0 Å². The van der Waals surface area contributed by atoms with Crippen molar-refractivity contribution in [3.63, 3.8) is 0 Å². The second-order valence-corrected chi connectivity index (χ2v) is 6.66. The molecule has 0 saturated heterocycles. The van der Waals surface area contributed by atoms with Crippen molar-refractivity contribution in [2.45, 2.75) is 32.7 Å². The Bertz CT molecular complexity index is 963. The van der Waals surface area contributed by atoms with Crippen molar-refractivity contribution in [3.8, 4) is 11.4 Å². The van der Waals surface area contributed by atoms with Crippen molar-refractivity contribution in [1.82, 2.24) is 20.3 Å². The Morgan fingerprint density at radius 2 is 1.96 bits per heavy atom. The van der Waals surface area contributed by atoms with Gasteiger partial charge in [0.25, 0.3) is 5.91 Å². The Balaban J connectivity index is 0.00000210. The van der Waals surface area contributed by atoms with E-state index in [9.17, 15) is 9.59 Å². The minimum Gasteiger partial charge on any atom is -0.368 e. The van der Waals surface area contributed by atoms with Crippen LogP contribution in [0.15, 0.2) is 42.7 Å². The number of benzene rings is 1. The molecule has 2 aromatic heterocycles. The van der Waals surface area contributed by atoms with Crippen molar-refractivity contribution < 1.29 is 9.59 Å². The quantitative estimate of drug-likeness (QED) is 0.623. The van der Waals surface area contributed by atoms with E-state index < -0.39 is 11.9 Å². The first-order chi connectivity index (χ1) is 12.6. The maximum atomic E-state index is 12.5. The second kappa shape index (κ2) is 7.57. The molecule has 3 aromatic rings. The van der Waals surface area contributed by atoms with Gasteiger partial charge >= 0.3 is 0 Å². The lowest BCUT2D eigenvalue weighted by Gasteiger charge is -2.15. The van der Waals surface area contributed by atoms with Gasteiger partial charge in [-0.05, 0) is 42.7 Å². The molecule has 140 valence electrons. The fourth-order valence-corrected chi connectivity index (χ4v) is 2.97. The largest absolute Gasteiger partial charge is 0.368 e. The summed E-state index contributed by atoms with van der Waals surface area (Å²) in [5.74, 6) is 0.402. The molecule has 1 fully saturated rings. The maximum Gasteiger partial charge on any atom is 0.252 e. The van der Waals surface area contributed by atoms with Gasteiger partial charge in [0.2, 0.25) is 5.91 Å². The molecule has 1 aliphatic carbocycles. The highest BCUT2D eigenvalue weighted by Gasteiger charge is 2.29. The van der Waals surface area contributed by atoms with Crippen LogP contribution in [-0.2, 0) is 4.79 Å². The van der Waals surface area contributed by atoms with E-state index in [1.807, 2.05) is 12.1 Å². The van der Waals surface area contributed by atoms with Crippen LogP contribution in [0.25, 0.3) is 22.4 Å². The van der Waals surface area contributed by atoms with Crippen LogP contribution >= 0.6 is 0 Å². The summed E-state index contributed by atoms with van der Waals surface area (Å²) in [6.07, 6.45) is 6.20. The van der Waals surface area contributed by atoms with Gasteiger partial charge in [0.15, 0.2) is 0 Å². The lowest BCUT2D eigenvalue weighted by atomic mass is 10.1. The van der Waals surface area contributed by atoms with Crippen molar-refractivity contribution in [1.29, 1.82) is 0 Å². The van der Waals surface area contributed by atoms with Crippen LogP contribution < -0.4 is 11.1 Å². The normalized spacial score (nSPS) is 14.4. The molecule has 1 atom stereocenters. The van der Waals surface area contributed by atoms with Gasteiger partial charge in [-0.15, -0.1) is 0 Å². The summed E-state index contributed by atoms with van der Waals surface area (Å²) in [6, 6.07) is 8.31. The Morgan fingerprint density at radius 3 is 2.63 bits per heavy atom. The first kappa shape index (κ1) is 18.6. The number of hydrogen-bond donors (Lipinski definition) is 3. The Hall–Kier alpha value is -3.22. The first-order valence-corrected chi connectivity index (χ1v) is 8.60. The van der Waals surface area contributed by atoms with Gasteiger partial charge in [0.05, 0.1) is 11.0 Å². The number of imidazole rings is 1. The molecular weight excluding hydrogens is 342 g/mol. The number of aromatic amines is 1. The molecule has 1 saturated carbocycles. The highest BCUT2D eigenvalue weighted by atomic mass is 16.2. The van der Waals surface area contributed by atoms with Crippen LogP contribution in [0, 0.1) is 5.92 Å². The van der Waals surface area contributed by atoms with E-state index in [1.165, 1.54) is 0 Å². The van der Waals surface area contributed by atoms with Crippen LogP contribution in [0.4, 0.5) is 0 Å². The van der Waals surface area contributed by atoms with E-state index in [-0.39, 0.29) is 13.3 Å². The van der Waals surface area contributed by atoms with Gasteiger partial charge in [-0.3, -0.25) is 14.6 Å². The molecule has 0 bridgehead atoms. The highest BCUT2D eigenvalue weighted by Crippen LogP contribution is 2.33. The topological polar surface area (TPSA) is 114 Å². The molecule has 2 amide bonds. The van der Waals surface area contributed by atoms with Crippen molar-refractivity contribution in [3.05, 3.63) is 48.3 Å². The lowest BCUT2D eigenvalue weighted by molar-refractivity contribution is -0.120. The summed E-state index contributed by atoms with van der Waals surface area (Å²) in [5, 5.41) is 2.75. The van der Waals surface area contributed by atoms with Crippen LogP contribution in [0.2, 0.25) is 0 Å². The minimum atomic E-state index is -0.625. The SMILES string of the molecule is C.NC(=O)[C@H](CC1CC1)NC(=O)c1ccc2nc(-c3ccncc3)[nH]c2c1. The van der Waals surface area contributed by atoms with Gasteiger partial charge in [0, 0.05) is 23.5 Å². The predicted octanol–water partition coefficient (Wildman–Crippen LogP) is 2.64. The number of fused-ring (bicyclic) bond motifs is 1. The highest BCUT2D eigenvalue weighted by molar-refractivity contribution is 5.99. The molecule has 0 radical (unpaired) electrons. The van der Waals surface area contributed by atoms with Gasteiger partial charge < -0.3 is 16.0 Å². The number of hydrogen-bond acceptors (Lipinski definition) is 4. The van der Waals surface area contributed by atoms with Crippen LogP contribution in [0.1, 0.15) is 37.0 Å². The van der Waals surface area contributed by atoms with E-state index in [4.69, 9.17) is 5.73 Å². The third-order valence-corrected chi connectivity index (χ3v) is 4.61. The van der Waals surface area contributed by atoms with Gasteiger partial charge in [-0.1, -0.05) is 20.3 Å². The maximum absolute atomic E-state index is 12.5. The molecule has 4 rings (SSSR count). The minimum absolute atomic E-state index is 0. The third kappa shape index (κ3) is 4.13. The molecule has 4 N–H and O–H groups in total. The number of carbonyl (C=O) groups excluding carboxylic acids is 2. The second-order valence-electron chi connectivity index (χ2n) is 6.66. The van der Waals surface area contributed by atoms with Crippen molar-refractivity contribution in [2.24, 2.45) is 11.7 Å². The zero-order valence-corrected chi connectivity index (χ0v) is 14.1. The molecule has 2 heterocycles. The monoisotopic (exact) mass is 365 g/mol. The molecular formula is C20H23N5O2. The number of pyridine rings is 1. The van der Waals surface area contributed by atoms with E-state index >= 15 is 0 Å². The van der Waals surface area contributed by atoms with Crippen LogP contribution in [0.5, 0.6) is 0 Å². The summed E-state index contributed by atoms with van der Waals surface area (Å²) < 4.78 is 0. The average Bonchev–Trinajstić information content (AvgIpc) is 3.36. The number of rotatable bonds is 6. The molecule has 0 unspecified atom stereocenters. The van der Waals surface area contributed by atoms with Gasteiger partial charge in [-0.2, -0.15) is 0 Å². The molecule has 27 heavy (non-hydrogen) atoms. The number of nitrogens with one attached hydrogen (secondary N) is 2. The zero-order valence-electron chi connectivity index (χ0n) is 14.1. The predicted molar refractivity (Wildman–Crippen MR) is 104 cm³/mol. The number of primary amides is 1. The molecule has 7 nitrogen and oxygen atoms in total. The van der Waals surface area contributed by atoms with Crippen LogP contribution in [-0.4, -0.2) is 32.8 Å². The fourth-order valence-electron chi connectivity index (χ4n) is 2.97. The smallest absolute Gasteiger partial charge is 0.252 e. The summed E-state index contributed by atoms with van der Waals surface area (Å²) >= 11 is 0. The molecule has 0 aliphatic heterocycles. The van der Waals surface area contributed by atoms with E-state index in [2.05, 4.69) is 20.3 Å². The van der Waals surface area contributed by atoms with Gasteiger partial charge in [0.1, 0.15) is 11.9 Å². The molecule has 1 aromatic carbocycles. The standard InChI is InChI=1S/C19H19N5O2.CH4/c20-17(25)16(9-11-1-2-11)24-19(26)13-3-4-14-15(10-13)23-18(22-14)12-5-7-21-8-6-12;/h3-8,10-11,16H,1-2,9H2,(H2,20,25)(H,22,23)(H,24,26);1H4/t16-;/m0./s1. The average molecular weight is 365 g/mol. The lowest BCUT2D eigenvalue weighted by Crippen LogP contribution is -2.44. The molecule has 0 spiro atoms. The Morgan fingerprint density at radius 1 is 1.22 bits per heavy atom.